The van der Waals surface area contributed by atoms with Crippen LogP contribution in [0.25, 0.3) is 0 Å². The van der Waals surface area contributed by atoms with E-state index in [0.717, 1.165) is 21.8 Å². The minimum absolute atomic E-state index is 0.0835. The first-order chi connectivity index (χ1) is 6.32. The molecule has 1 fully saturated rings. The summed E-state index contributed by atoms with van der Waals surface area (Å²) in [7, 11) is 0. The molecule has 0 spiro atoms. The molecule has 0 amide bonds. The highest BCUT2D eigenvalue weighted by Gasteiger charge is 2.60. The molecule has 0 saturated heterocycles. The van der Waals surface area contributed by atoms with Crippen molar-refractivity contribution in [1.82, 2.24) is 0 Å². The van der Waals surface area contributed by atoms with Gasteiger partial charge in [0, 0.05) is 9.90 Å². The van der Waals surface area contributed by atoms with Gasteiger partial charge in [-0.2, -0.15) is 0 Å². The third-order valence-corrected chi connectivity index (χ3v) is 6.71. The number of ketones is 1. The maximum absolute atomic E-state index is 12.2. The summed E-state index contributed by atoms with van der Waals surface area (Å²) in [6.07, 6.45) is 2.12. The quantitative estimate of drug-likeness (QED) is 0.658. The Morgan fingerprint density at radius 1 is 1.29 bits per heavy atom. The predicted molar refractivity (Wildman–Crippen MR) is 64.5 cm³/mol. The zero-order valence-corrected chi connectivity index (χ0v) is 11.8. The molecule has 1 saturated carbocycles. The van der Waals surface area contributed by atoms with Crippen molar-refractivity contribution in [2.75, 3.05) is 0 Å². The third-order valence-electron chi connectivity index (χ3n) is 4.44. The normalized spacial score (nSPS) is 40.6. The number of fused-ring (bicyclic) bond motifs is 2. The molecule has 14 heavy (non-hydrogen) atoms. The molecule has 2 aliphatic rings. The van der Waals surface area contributed by atoms with Crippen LogP contribution < -0.4 is 0 Å². The van der Waals surface area contributed by atoms with Crippen LogP contribution in [0.1, 0.15) is 33.6 Å². The van der Waals surface area contributed by atoms with Crippen LogP contribution in [0.2, 0.25) is 0 Å². The second kappa shape index (κ2) is 2.94. The van der Waals surface area contributed by atoms with E-state index < -0.39 is 0 Å². The van der Waals surface area contributed by atoms with Gasteiger partial charge in [-0.15, -0.1) is 0 Å². The Hall–Kier alpha value is 0.370. The lowest BCUT2D eigenvalue weighted by molar-refractivity contribution is -0.129. The van der Waals surface area contributed by atoms with E-state index in [1.165, 1.54) is 0 Å². The van der Waals surface area contributed by atoms with Crippen molar-refractivity contribution in [2.45, 2.75) is 33.6 Å². The largest absolute Gasteiger partial charge is 0.293 e. The second-order valence-electron chi connectivity index (χ2n) is 5.14. The number of allylic oxidation sites excluding steroid dienone is 2. The van der Waals surface area contributed by atoms with Gasteiger partial charge >= 0.3 is 0 Å². The summed E-state index contributed by atoms with van der Waals surface area (Å²) in [5.41, 5.74) is -0.0893. The fraction of sp³-hybridized carbons (Fsp3) is 0.727. The van der Waals surface area contributed by atoms with Crippen LogP contribution in [0.15, 0.2) is 8.96 Å². The second-order valence-corrected chi connectivity index (χ2v) is 6.78. The molecule has 0 radical (unpaired) electrons. The van der Waals surface area contributed by atoms with Crippen LogP contribution in [0.4, 0.5) is 0 Å². The highest BCUT2D eigenvalue weighted by atomic mass is 79.9. The standard InChI is InChI=1S/C11H14Br2O/c1-10(2)6-4-5-11(10,3)9(14)8(13)7(6)12/h6H,4-5H2,1-3H3/t6-,11+/m1/s1. The molecule has 0 N–H and O–H groups in total. The Balaban J connectivity index is 2.64. The fourth-order valence-corrected chi connectivity index (χ4v) is 4.55. The van der Waals surface area contributed by atoms with Crippen LogP contribution >= 0.6 is 31.9 Å². The summed E-state index contributed by atoms with van der Waals surface area (Å²) in [5.74, 6) is 0.766. The van der Waals surface area contributed by atoms with Crippen LogP contribution in [0, 0.1) is 16.7 Å². The van der Waals surface area contributed by atoms with E-state index in [1.54, 1.807) is 0 Å². The molecule has 3 heteroatoms. The van der Waals surface area contributed by atoms with Gasteiger partial charge in [-0.3, -0.25) is 4.79 Å². The van der Waals surface area contributed by atoms with Crippen molar-refractivity contribution in [2.24, 2.45) is 16.7 Å². The molecular formula is C11H14Br2O. The summed E-state index contributed by atoms with van der Waals surface area (Å²) >= 11 is 6.97. The summed E-state index contributed by atoms with van der Waals surface area (Å²) < 4.78 is 1.84. The average Bonchev–Trinajstić information content (AvgIpc) is 2.30. The first kappa shape index (κ1) is 10.9. The maximum atomic E-state index is 12.2. The number of rotatable bonds is 0. The Bertz CT molecular complexity index is 343. The SMILES string of the molecule is CC1(C)[C@@H]2CC[C@@]1(C)C(=O)C(Br)=C2Br. The van der Waals surface area contributed by atoms with Crippen molar-refractivity contribution in [3.8, 4) is 0 Å². The number of carbonyl (C=O) groups excluding carboxylic acids is 1. The zero-order valence-electron chi connectivity index (χ0n) is 8.66. The van der Waals surface area contributed by atoms with Gasteiger partial charge in [-0.05, 0) is 40.1 Å². The van der Waals surface area contributed by atoms with Gasteiger partial charge in [0.1, 0.15) is 0 Å². The van der Waals surface area contributed by atoms with Crippen LogP contribution in [0.3, 0.4) is 0 Å². The van der Waals surface area contributed by atoms with E-state index in [2.05, 4.69) is 52.6 Å². The molecule has 0 heterocycles. The maximum Gasteiger partial charge on any atom is 0.177 e. The first-order valence-electron chi connectivity index (χ1n) is 4.92. The van der Waals surface area contributed by atoms with Gasteiger partial charge in [-0.1, -0.05) is 36.7 Å². The van der Waals surface area contributed by atoms with Crippen LogP contribution in [0.5, 0.6) is 0 Å². The molecule has 0 unspecified atom stereocenters. The van der Waals surface area contributed by atoms with Crippen molar-refractivity contribution in [3.63, 3.8) is 0 Å². The fourth-order valence-electron chi connectivity index (χ4n) is 2.85. The molecule has 0 aromatic rings. The Kier molecular flexibility index (Phi) is 2.29. The van der Waals surface area contributed by atoms with E-state index in [1.807, 2.05) is 0 Å². The third kappa shape index (κ3) is 1.03. The van der Waals surface area contributed by atoms with Gasteiger partial charge in [0.05, 0.1) is 4.48 Å². The summed E-state index contributed by atoms with van der Waals surface area (Å²) in [5, 5.41) is 0. The van der Waals surface area contributed by atoms with E-state index in [-0.39, 0.29) is 16.6 Å². The molecule has 1 nitrogen and oxygen atoms in total. The van der Waals surface area contributed by atoms with E-state index >= 15 is 0 Å². The van der Waals surface area contributed by atoms with Crippen molar-refractivity contribution >= 4 is 37.6 Å². The predicted octanol–water partition coefficient (Wildman–Crippen LogP) is 4.01. The molecule has 0 aromatic carbocycles. The van der Waals surface area contributed by atoms with Crippen LogP contribution in [-0.4, -0.2) is 5.78 Å². The minimum Gasteiger partial charge on any atom is -0.293 e. The van der Waals surface area contributed by atoms with Gasteiger partial charge in [0.2, 0.25) is 0 Å². The topological polar surface area (TPSA) is 17.1 Å². The van der Waals surface area contributed by atoms with Gasteiger partial charge < -0.3 is 0 Å². The summed E-state index contributed by atoms with van der Waals surface area (Å²) in [6, 6.07) is 0. The molecule has 0 aromatic heterocycles. The van der Waals surface area contributed by atoms with E-state index in [0.29, 0.717) is 5.92 Å². The van der Waals surface area contributed by atoms with Gasteiger partial charge in [0.15, 0.2) is 5.78 Å². The van der Waals surface area contributed by atoms with E-state index in [4.69, 9.17) is 0 Å². The zero-order chi connectivity index (χ0) is 10.7. The smallest absolute Gasteiger partial charge is 0.177 e. The summed E-state index contributed by atoms with van der Waals surface area (Å²) in [6.45, 7) is 6.53. The Morgan fingerprint density at radius 2 is 1.86 bits per heavy atom. The lowest BCUT2D eigenvalue weighted by Gasteiger charge is -2.44. The molecule has 2 bridgehead atoms. The number of hydrogen-bond acceptors (Lipinski definition) is 1. The average molecular weight is 322 g/mol. The monoisotopic (exact) mass is 320 g/mol. The number of carbonyl (C=O) groups is 1. The number of Topliss-reactive ketones (excluding diaryl/α,β-unsaturated/α-hetero) is 1. The lowest BCUT2D eigenvalue weighted by atomic mass is 9.61. The highest BCUT2D eigenvalue weighted by molar-refractivity contribution is 9.14. The molecule has 2 aliphatic carbocycles. The minimum atomic E-state index is -0.173. The Labute approximate surface area is 102 Å². The van der Waals surface area contributed by atoms with Crippen molar-refractivity contribution in [1.29, 1.82) is 0 Å². The van der Waals surface area contributed by atoms with Gasteiger partial charge in [0.25, 0.3) is 0 Å². The summed E-state index contributed by atoms with van der Waals surface area (Å²) in [4.78, 5) is 12.2. The van der Waals surface area contributed by atoms with Crippen molar-refractivity contribution < 1.29 is 4.79 Å². The van der Waals surface area contributed by atoms with Gasteiger partial charge in [-0.25, -0.2) is 0 Å². The molecule has 0 aliphatic heterocycles. The lowest BCUT2D eigenvalue weighted by Crippen LogP contribution is -2.44. The highest BCUT2D eigenvalue weighted by Crippen LogP contribution is 2.64. The number of halogens is 2. The molecule has 2 atom stereocenters. The molecular weight excluding hydrogens is 308 g/mol. The first-order valence-corrected chi connectivity index (χ1v) is 6.51. The Morgan fingerprint density at radius 3 is 2.43 bits per heavy atom. The number of hydrogen-bond donors (Lipinski definition) is 0. The molecule has 2 rings (SSSR count). The van der Waals surface area contributed by atoms with Crippen LogP contribution in [-0.2, 0) is 4.79 Å². The molecule has 78 valence electrons. The van der Waals surface area contributed by atoms with Crippen molar-refractivity contribution in [3.05, 3.63) is 8.96 Å². The van der Waals surface area contributed by atoms with E-state index in [9.17, 15) is 4.79 Å².